The van der Waals surface area contributed by atoms with Crippen LogP contribution in [0.1, 0.15) is 63.4 Å². The predicted octanol–water partition coefficient (Wildman–Crippen LogP) is 2.14. The third-order valence-electron chi connectivity index (χ3n) is 6.74. The average molecular weight is 405 g/mol. The van der Waals surface area contributed by atoms with Crippen molar-refractivity contribution in [2.45, 2.75) is 76.1 Å². The predicted molar refractivity (Wildman–Crippen MR) is 107 cm³/mol. The molecule has 6 nitrogen and oxygen atoms in total. The highest BCUT2D eigenvalue weighted by Gasteiger charge is 2.52. The summed E-state index contributed by atoms with van der Waals surface area (Å²) in [6.45, 7) is 10.3. The number of carbonyl (C=O) groups excluding carboxylic acids is 1. The van der Waals surface area contributed by atoms with E-state index in [4.69, 9.17) is 9.31 Å². The Morgan fingerprint density at radius 3 is 2.21 bits per heavy atom. The van der Waals surface area contributed by atoms with Gasteiger partial charge in [0.25, 0.3) is 5.91 Å². The molecule has 0 N–H and O–H groups in total. The Labute approximate surface area is 167 Å². The molecule has 28 heavy (non-hydrogen) atoms. The van der Waals surface area contributed by atoms with Crippen LogP contribution in [0.3, 0.4) is 0 Å². The summed E-state index contributed by atoms with van der Waals surface area (Å²) in [5.74, 6) is 0.331. The van der Waals surface area contributed by atoms with E-state index in [0.717, 1.165) is 24.7 Å². The molecule has 0 bridgehead atoms. The van der Waals surface area contributed by atoms with Crippen molar-refractivity contribution in [2.24, 2.45) is 5.92 Å². The highest BCUT2D eigenvalue weighted by Crippen LogP contribution is 2.40. The number of sulfone groups is 1. The largest absolute Gasteiger partial charge is 0.494 e. The SMILES string of the molecule is CC(C1CC1)N1Cc2cc(B3OC(C)(C)C(C)(C)O3)cc(S(C)(=O)=O)c2C1=O. The summed E-state index contributed by atoms with van der Waals surface area (Å²) in [6.07, 6.45) is 3.40. The molecule has 1 aromatic rings. The third kappa shape index (κ3) is 3.10. The van der Waals surface area contributed by atoms with Gasteiger partial charge in [-0.15, -0.1) is 0 Å². The summed E-state index contributed by atoms with van der Waals surface area (Å²) >= 11 is 0. The summed E-state index contributed by atoms with van der Waals surface area (Å²) in [5, 5.41) is 0. The van der Waals surface area contributed by atoms with Crippen molar-refractivity contribution in [2.75, 3.05) is 6.26 Å². The normalized spacial score (nSPS) is 24.6. The van der Waals surface area contributed by atoms with Gasteiger partial charge in [0, 0.05) is 18.8 Å². The van der Waals surface area contributed by atoms with E-state index in [1.54, 1.807) is 6.07 Å². The molecular weight excluding hydrogens is 377 g/mol. The molecule has 152 valence electrons. The molecule has 2 aliphatic heterocycles. The summed E-state index contributed by atoms with van der Waals surface area (Å²) in [7, 11) is -4.25. The summed E-state index contributed by atoms with van der Waals surface area (Å²) < 4.78 is 37.3. The maximum absolute atomic E-state index is 13.1. The van der Waals surface area contributed by atoms with E-state index in [-0.39, 0.29) is 16.8 Å². The van der Waals surface area contributed by atoms with Crippen LogP contribution < -0.4 is 5.46 Å². The number of hydrogen-bond acceptors (Lipinski definition) is 5. The average Bonchev–Trinajstić information content (AvgIpc) is 3.31. The van der Waals surface area contributed by atoms with E-state index in [9.17, 15) is 13.2 Å². The van der Waals surface area contributed by atoms with Gasteiger partial charge in [0.2, 0.25) is 0 Å². The maximum atomic E-state index is 13.1. The minimum Gasteiger partial charge on any atom is -0.399 e. The Morgan fingerprint density at radius 2 is 1.71 bits per heavy atom. The Balaban J connectivity index is 1.77. The van der Waals surface area contributed by atoms with Crippen molar-refractivity contribution >= 4 is 28.3 Å². The van der Waals surface area contributed by atoms with Gasteiger partial charge >= 0.3 is 7.12 Å². The van der Waals surface area contributed by atoms with Gasteiger partial charge < -0.3 is 14.2 Å². The van der Waals surface area contributed by atoms with E-state index in [1.165, 1.54) is 0 Å². The zero-order chi connectivity index (χ0) is 20.6. The van der Waals surface area contributed by atoms with Gasteiger partial charge in [-0.1, -0.05) is 6.07 Å². The first-order chi connectivity index (χ1) is 12.8. The molecule has 2 heterocycles. The lowest BCUT2D eigenvalue weighted by molar-refractivity contribution is 0.00578. The minimum atomic E-state index is -3.58. The third-order valence-corrected chi connectivity index (χ3v) is 7.86. The minimum absolute atomic E-state index is 0.0743. The maximum Gasteiger partial charge on any atom is 0.494 e. The van der Waals surface area contributed by atoms with E-state index in [0.29, 0.717) is 23.5 Å². The number of hydrogen-bond donors (Lipinski definition) is 0. The van der Waals surface area contributed by atoms with E-state index < -0.39 is 28.2 Å². The highest BCUT2D eigenvalue weighted by atomic mass is 32.2. The van der Waals surface area contributed by atoms with Gasteiger partial charge in [0.15, 0.2) is 9.84 Å². The molecule has 1 aliphatic carbocycles. The van der Waals surface area contributed by atoms with Crippen LogP contribution in [0.2, 0.25) is 0 Å². The lowest BCUT2D eigenvalue weighted by Crippen LogP contribution is -2.41. The number of rotatable bonds is 4. The number of carbonyl (C=O) groups is 1. The van der Waals surface area contributed by atoms with Crippen LogP contribution in [0.15, 0.2) is 17.0 Å². The lowest BCUT2D eigenvalue weighted by Gasteiger charge is -2.32. The molecule has 1 saturated carbocycles. The topological polar surface area (TPSA) is 72.9 Å². The molecule has 1 saturated heterocycles. The Bertz CT molecular complexity index is 936. The van der Waals surface area contributed by atoms with E-state index in [1.807, 2.05) is 38.7 Å². The Morgan fingerprint density at radius 1 is 1.14 bits per heavy atom. The summed E-state index contributed by atoms with van der Waals surface area (Å²) in [4.78, 5) is 15.0. The van der Waals surface area contributed by atoms with Crippen molar-refractivity contribution in [3.8, 4) is 0 Å². The van der Waals surface area contributed by atoms with Crippen molar-refractivity contribution in [1.29, 1.82) is 0 Å². The van der Waals surface area contributed by atoms with Crippen molar-refractivity contribution in [3.63, 3.8) is 0 Å². The van der Waals surface area contributed by atoms with Crippen molar-refractivity contribution in [3.05, 3.63) is 23.3 Å². The van der Waals surface area contributed by atoms with E-state index >= 15 is 0 Å². The first-order valence-electron chi connectivity index (χ1n) is 9.85. The fraction of sp³-hybridized carbons (Fsp3) is 0.650. The molecule has 1 aromatic carbocycles. The van der Waals surface area contributed by atoms with Gasteiger partial charge in [-0.2, -0.15) is 0 Å². The van der Waals surface area contributed by atoms with Crippen LogP contribution in [0, 0.1) is 5.92 Å². The van der Waals surface area contributed by atoms with Crippen LogP contribution in [-0.2, 0) is 25.7 Å². The van der Waals surface area contributed by atoms with Crippen LogP contribution in [0.5, 0.6) is 0 Å². The molecule has 1 amide bonds. The molecule has 1 unspecified atom stereocenters. The molecule has 3 aliphatic rings. The lowest BCUT2D eigenvalue weighted by atomic mass is 9.78. The first kappa shape index (κ1) is 19.9. The van der Waals surface area contributed by atoms with Crippen molar-refractivity contribution < 1.29 is 22.5 Å². The molecule has 8 heteroatoms. The molecule has 4 rings (SSSR count). The highest BCUT2D eigenvalue weighted by molar-refractivity contribution is 7.90. The van der Waals surface area contributed by atoms with Crippen LogP contribution >= 0.6 is 0 Å². The summed E-state index contributed by atoms with van der Waals surface area (Å²) in [6, 6.07) is 3.55. The number of nitrogens with zero attached hydrogens (tertiary/aromatic N) is 1. The molecule has 1 atom stereocenters. The second-order valence-corrected chi connectivity index (χ2v) is 11.4. The summed E-state index contributed by atoms with van der Waals surface area (Å²) in [5.41, 5.74) is 0.654. The molecule has 0 spiro atoms. The number of benzene rings is 1. The van der Waals surface area contributed by atoms with Gasteiger partial charge in [-0.3, -0.25) is 4.79 Å². The Kier molecular flexibility index (Phi) is 4.31. The standard InChI is InChI=1S/C20H28BNO5S/c1-12(13-7-8-13)22-11-14-9-15(21-26-19(2,3)20(4,5)27-21)10-16(28(6,24)25)17(14)18(22)23/h9-10,12-13H,7-8,11H2,1-6H3. The van der Waals surface area contributed by atoms with Crippen LogP contribution in [-0.4, -0.2) is 49.8 Å². The molecule has 2 fully saturated rings. The zero-order valence-electron chi connectivity index (χ0n) is 17.4. The zero-order valence-corrected chi connectivity index (χ0v) is 18.2. The quantitative estimate of drug-likeness (QED) is 0.718. The van der Waals surface area contributed by atoms with Crippen LogP contribution in [0.4, 0.5) is 0 Å². The molecule has 0 aromatic heterocycles. The van der Waals surface area contributed by atoms with E-state index in [2.05, 4.69) is 6.92 Å². The molecule has 0 radical (unpaired) electrons. The molecular formula is C20H28BNO5S. The van der Waals surface area contributed by atoms with Gasteiger partial charge in [0.05, 0.1) is 21.7 Å². The van der Waals surface area contributed by atoms with Gasteiger partial charge in [0.1, 0.15) is 0 Å². The second-order valence-electron chi connectivity index (χ2n) is 9.42. The van der Waals surface area contributed by atoms with Crippen LogP contribution in [0.25, 0.3) is 0 Å². The number of amides is 1. The fourth-order valence-corrected chi connectivity index (χ4v) is 4.97. The Hall–Kier alpha value is -1.38. The van der Waals surface area contributed by atoms with Gasteiger partial charge in [-0.25, -0.2) is 8.42 Å². The first-order valence-corrected chi connectivity index (χ1v) is 11.7. The smallest absolute Gasteiger partial charge is 0.399 e. The fourth-order valence-electron chi connectivity index (χ4n) is 4.03. The second kappa shape index (κ2) is 6.06. The monoisotopic (exact) mass is 405 g/mol. The van der Waals surface area contributed by atoms with Crippen molar-refractivity contribution in [1.82, 2.24) is 4.90 Å². The number of fused-ring (bicyclic) bond motifs is 1. The van der Waals surface area contributed by atoms with Gasteiger partial charge in [-0.05, 0) is 70.5 Å².